The zero-order valence-electron chi connectivity index (χ0n) is 17.9. The number of anilines is 1. The lowest BCUT2D eigenvalue weighted by molar-refractivity contribution is -0.118. The molecule has 0 unspecified atom stereocenters. The van der Waals surface area contributed by atoms with Crippen molar-refractivity contribution in [3.8, 4) is 11.8 Å². The van der Waals surface area contributed by atoms with Crippen LogP contribution < -0.4 is 15.2 Å². The molecule has 2 aromatic carbocycles. The van der Waals surface area contributed by atoms with Crippen molar-refractivity contribution in [3.63, 3.8) is 0 Å². The first kappa shape index (κ1) is 21.8. The Labute approximate surface area is 181 Å². The number of hydrogen-bond acceptors (Lipinski definition) is 4. The summed E-state index contributed by atoms with van der Waals surface area (Å²) in [7, 11) is 1.60. The number of rotatable bonds is 7. The molecular formula is C25H25N3O3. The van der Waals surface area contributed by atoms with Gasteiger partial charge in [-0.2, -0.15) is 5.26 Å². The number of aromatic amines is 1. The maximum Gasteiger partial charge on any atom is 0.266 e. The molecule has 1 aromatic heterocycles. The van der Waals surface area contributed by atoms with E-state index in [4.69, 9.17) is 4.74 Å². The third-order valence-corrected chi connectivity index (χ3v) is 5.38. The monoisotopic (exact) mass is 415 g/mol. The summed E-state index contributed by atoms with van der Waals surface area (Å²) in [5, 5.41) is 9.28. The number of methoxy groups -OCH3 is 1. The second kappa shape index (κ2) is 9.77. The van der Waals surface area contributed by atoms with E-state index in [0.29, 0.717) is 24.2 Å². The van der Waals surface area contributed by atoms with E-state index in [1.807, 2.05) is 60.7 Å². The minimum absolute atomic E-state index is 0.0440. The van der Waals surface area contributed by atoms with Crippen LogP contribution in [-0.4, -0.2) is 18.0 Å². The van der Waals surface area contributed by atoms with Crippen molar-refractivity contribution in [2.24, 2.45) is 0 Å². The highest BCUT2D eigenvalue weighted by Gasteiger charge is 2.19. The van der Waals surface area contributed by atoms with E-state index in [1.165, 1.54) is 0 Å². The average Bonchev–Trinajstić information content (AvgIpc) is 2.78. The van der Waals surface area contributed by atoms with Gasteiger partial charge in [0.1, 0.15) is 17.4 Å². The summed E-state index contributed by atoms with van der Waals surface area (Å²) in [6.45, 7) is 3.99. The van der Waals surface area contributed by atoms with Crippen molar-refractivity contribution >= 4 is 11.6 Å². The summed E-state index contributed by atoms with van der Waals surface area (Å²) in [5.74, 6) is 0.678. The lowest BCUT2D eigenvalue weighted by atomic mass is 9.98. The molecule has 0 aliphatic carbocycles. The summed E-state index contributed by atoms with van der Waals surface area (Å²) < 4.78 is 5.23. The first-order valence-electron chi connectivity index (χ1n) is 10.1. The van der Waals surface area contributed by atoms with Crippen molar-refractivity contribution < 1.29 is 9.53 Å². The van der Waals surface area contributed by atoms with Crippen LogP contribution in [0.2, 0.25) is 0 Å². The molecule has 3 rings (SSSR count). The summed E-state index contributed by atoms with van der Waals surface area (Å²) in [6.07, 6.45) is 0.681. The zero-order chi connectivity index (χ0) is 22.4. The van der Waals surface area contributed by atoms with Gasteiger partial charge in [-0.1, -0.05) is 30.3 Å². The molecule has 1 heterocycles. The molecule has 158 valence electrons. The van der Waals surface area contributed by atoms with Gasteiger partial charge in [-0.25, -0.2) is 0 Å². The van der Waals surface area contributed by atoms with Gasteiger partial charge >= 0.3 is 0 Å². The smallest absolute Gasteiger partial charge is 0.266 e. The number of pyridine rings is 1. The molecule has 3 aromatic rings. The Kier molecular flexibility index (Phi) is 6.88. The lowest BCUT2D eigenvalue weighted by Crippen LogP contribution is -2.31. The molecule has 0 saturated carbocycles. The quantitative estimate of drug-likeness (QED) is 0.631. The number of nitrogens with zero attached hydrogens (tertiary/aromatic N) is 2. The number of aromatic nitrogens is 1. The Morgan fingerprint density at radius 3 is 2.39 bits per heavy atom. The van der Waals surface area contributed by atoms with Crippen LogP contribution >= 0.6 is 0 Å². The Hall–Kier alpha value is -3.85. The highest BCUT2D eigenvalue weighted by Crippen LogP contribution is 2.23. The minimum atomic E-state index is -0.392. The molecule has 1 N–H and O–H groups in total. The fraction of sp³-hybridized carbons (Fsp3) is 0.240. The Morgan fingerprint density at radius 2 is 1.77 bits per heavy atom. The molecule has 0 radical (unpaired) electrons. The van der Waals surface area contributed by atoms with Crippen molar-refractivity contribution in [2.45, 2.75) is 33.2 Å². The highest BCUT2D eigenvalue weighted by molar-refractivity contribution is 5.93. The molecule has 0 fully saturated rings. The Bertz CT molecular complexity index is 1160. The molecule has 0 atom stereocenters. The van der Waals surface area contributed by atoms with Gasteiger partial charge in [0.15, 0.2) is 0 Å². The second-order valence-electron chi connectivity index (χ2n) is 7.33. The third kappa shape index (κ3) is 5.01. The Balaban J connectivity index is 1.87. The normalized spacial score (nSPS) is 10.4. The maximum absolute atomic E-state index is 13.3. The van der Waals surface area contributed by atoms with Crippen molar-refractivity contribution in [3.05, 3.63) is 92.9 Å². The van der Waals surface area contributed by atoms with Gasteiger partial charge in [-0.05, 0) is 61.2 Å². The summed E-state index contributed by atoms with van der Waals surface area (Å²) in [6, 6.07) is 19.2. The number of carbonyl (C=O) groups excluding carboxylic acids is 1. The molecule has 0 bridgehead atoms. The third-order valence-electron chi connectivity index (χ3n) is 5.38. The number of H-pyrrole nitrogens is 1. The molecule has 0 spiro atoms. The van der Waals surface area contributed by atoms with E-state index < -0.39 is 5.56 Å². The average molecular weight is 415 g/mol. The van der Waals surface area contributed by atoms with Gasteiger partial charge < -0.3 is 14.6 Å². The number of nitriles is 1. The zero-order valence-corrected chi connectivity index (χ0v) is 17.9. The van der Waals surface area contributed by atoms with Crippen LogP contribution in [0, 0.1) is 25.2 Å². The topological polar surface area (TPSA) is 86.2 Å². The second-order valence-corrected chi connectivity index (χ2v) is 7.33. The summed E-state index contributed by atoms with van der Waals surface area (Å²) in [5.41, 5.74) is 3.67. The predicted octanol–water partition coefficient (Wildman–Crippen LogP) is 4.04. The van der Waals surface area contributed by atoms with Crippen LogP contribution in [0.25, 0.3) is 0 Å². The van der Waals surface area contributed by atoms with Crippen LogP contribution in [0.5, 0.6) is 5.75 Å². The maximum atomic E-state index is 13.3. The van der Waals surface area contributed by atoms with Crippen LogP contribution in [-0.2, 0) is 17.8 Å². The lowest BCUT2D eigenvalue weighted by Gasteiger charge is -2.24. The van der Waals surface area contributed by atoms with E-state index in [1.54, 1.807) is 25.9 Å². The van der Waals surface area contributed by atoms with Crippen LogP contribution in [0.1, 0.15) is 34.4 Å². The highest BCUT2D eigenvalue weighted by atomic mass is 16.5. The van der Waals surface area contributed by atoms with E-state index in [-0.39, 0.29) is 17.9 Å². The van der Waals surface area contributed by atoms with Gasteiger partial charge in [0.25, 0.3) is 5.56 Å². The largest absolute Gasteiger partial charge is 0.497 e. The van der Waals surface area contributed by atoms with Gasteiger partial charge in [-0.15, -0.1) is 0 Å². The molecule has 6 nitrogen and oxygen atoms in total. The number of amides is 1. The number of nitrogens with one attached hydrogen (secondary N) is 1. The van der Waals surface area contributed by atoms with E-state index >= 15 is 0 Å². The van der Waals surface area contributed by atoms with Crippen molar-refractivity contribution in [1.29, 1.82) is 5.26 Å². The molecule has 6 heteroatoms. The molecule has 0 aliphatic heterocycles. The molecule has 1 amide bonds. The van der Waals surface area contributed by atoms with Gasteiger partial charge in [0.05, 0.1) is 13.7 Å². The number of hydrogen-bond donors (Lipinski definition) is 1. The van der Waals surface area contributed by atoms with E-state index in [0.717, 1.165) is 22.6 Å². The SMILES string of the molecule is COc1ccc(N(Cc2ccccc2)C(=O)CCc2c(C)[nH]c(=O)c(C#N)c2C)cc1. The molecular weight excluding hydrogens is 390 g/mol. The van der Waals surface area contributed by atoms with E-state index in [9.17, 15) is 14.9 Å². The van der Waals surface area contributed by atoms with Gasteiger partial charge in [0.2, 0.25) is 5.91 Å². The fourth-order valence-corrected chi connectivity index (χ4v) is 3.64. The van der Waals surface area contributed by atoms with Crippen molar-refractivity contribution in [2.75, 3.05) is 12.0 Å². The molecule has 0 aliphatic rings. The predicted molar refractivity (Wildman–Crippen MR) is 120 cm³/mol. The first-order chi connectivity index (χ1) is 14.9. The first-order valence-corrected chi connectivity index (χ1v) is 10.1. The van der Waals surface area contributed by atoms with Crippen LogP contribution in [0.4, 0.5) is 5.69 Å². The van der Waals surface area contributed by atoms with E-state index in [2.05, 4.69) is 4.98 Å². The number of aryl methyl sites for hydroxylation is 1. The Morgan fingerprint density at radius 1 is 1.10 bits per heavy atom. The van der Waals surface area contributed by atoms with Crippen molar-refractivity contribution in [1.82, 2.24) is 4.98 Å². The molecule has 31 heavy (non-hydrogen) atoms. The molecule has 0 saturated heterocycles. The summed E-state index contributed by atoms with van der Waals surface area (Å²) >= 11 is 0. The number of carbonyl (C=O) groups is 1. The summed E-state index contributed by atoms with van der Waals surface area (Å²) in [4.78, 5) is 29.7. The van der Waals surface area contributed by atoms with Gasteiger partial charge in [0, 0.05) is 17.8 Å². The number of ether oxygens (including phenoxy) is 1. The standard InChI is InChI=1S/C25H25N3O3/c1-17-22(18(2)27-25(30)23(17)15-26)13-14-24(29)28(16-19-7-5-4-6-8-19)20-9-11-21(31-3)12-10-20/h4-12H,13-14,16H2,1-3H3,(H,27,30). The van der Waals surface area contributed by atoms with Crippen LogP contribution in [0.3, 0.4) is 0 Å². The van der Waals surface area contributed by atoms with Gasteiger partial charge in [-0.3, -0.25) is 9.59 Å². The fourth-order valence-electron chi connectivity index (χ4n) is 3.64. The van der Waals surface area contributed by atoms with Crippen LogP contribution in [0.15, 0.2) is 59.4 Å². The minimum Gasteiger partial charge on any atom is -0.497 e. The number of benzene rings is 2.